The summed E-state index contributed by atoms with van der Waals surface area (Å²) in [6.45, 7) is 0. The van der Waals surface area contributed by atoms with Crippen molar-refractivity contribution in [3.63, 3.8) is 0 Å². The Morgan fingerprint density at radius 3 is 2.83 bits per heavy atom. The van der Waals surface area contributed by atoms with E-state index in [1.807, 2.05) is 0 Å². The fourth-order valence-electron chi connectivity index (χ4n) is 2.46. The largest absolute Gasteiger partial charge is 0.388 e. The van der Waals surface area contributed by atoms with Crippen LogP contribution in [0.3, 0.4) is 0 Å². The molecule has 96 valence electrons. The van der Waals surface area contributed by atoms with Crippen LogP contribution in [0.5, 0.6) is 0 Å². The minimum Gasteiger partial charge on any atom is -0.388 e. The van der Waals surface area contributed by atoms with Crippen LogP contribution < -0.4 is 0 Å². The third-order valence-corrected chi connectivity index (χ3v) is 3.65. The first-order valence-corrected chi connectivity index (χ1v) is 6.02. The van der Waals surface area contributed by atoms with E-state index in [0.29, 0.717) is 16.1 Å². The average Bonchev–Trinajstić information content (AvgIpc) is 2.71. The molecule has 1 saturated carbocycles. The first-order valence-electron chi connectivity index (χ1n) is 5.65. The second kappa shape index (κ2) is 3.90. The van der Waals surface area contributed by atoms with Gasteiger partial charge in [-0.1, -0.05) is 11.6 Å². The van der Waals surface area contributed by atoms with Crippen LogP contribution in [0.1, 0.15) is 24.5 Å². The summed E-state index contributed by atoms with van der Waals surface area (Å²) in [6.07, 6.45) is 0.0886. The Balaban J connectivity index is 1.96. The molecule has 2 aromatic rings. The molecule has 1 aliphatic rings. The maximum atomic E-state index is 12.8. The number of hydrogen-bond acceptors (Lipinski definition) is 2. The summed E-state index contributed by atoms with van der Waals surface area (Å²) >= 11 is 5.95. The number of hydrogen-bond donors (Lipinski definition) is 2. The molecule has 1 aromatic carbocycles. The van der Waals surface area contributed by atoms with Crippen molar-refractivity contribution in [1.82, 2.24) is 10.2 Å². The van der Waals surface area contributed by atoms with Crippen LogP contribution in [0.25, 0.3) is 10.9 Å². The molecule has 1 fully saturated rings. The minimum absolute atomic E-state index is 0.281. The van der Waals surface area contributed by atoms with Gasteiger partial charge in [0, 0.05) is 34.7 Å². The molecule has 1 unspecified atom stereocenters. The van der Waals surface area contributed by atoms with Crippen molar-refractivity contribution in [2.75, 3.05) is 0 Å². The van der Waals surface area contributed by atoms with Crippen LogP contribution in [0.2, 0.25) is 5.02 Å². The molecule has 1 atom stereocenters. The first kappa shape index (κ1) is 11.9. The third-order valence-electron chi connectivity index (χ3n) is 3.43. The molecule has 0 bridgehead atoms. The second-order valence-electron chi connectivity index (χ2n) is 4.80. The fraction of sp³-hybridized carbons (Fsp3) is 0.417. The molecule has 1 aromatic heterocycles. The molecule has 0 radical (unpaired) electrons. The Morgan fingerprint density at radius 1 is 1.44 bits per heavy atom. The maximum absolute atomic E-state index is 12.8. The van der Waals surface area contributed by atoms with Crippen molar-refractivity contribution in [2.45, 2.75) is 24.9 Å². The molecule has 0 saturated heterocycles. The zero-order chi connectivity index (χ0) is 12.9. The van der Waals surface area contributed by atoms with E-state index in [2.05, 4.69) is 10.2 Å². The van der Waals surface area contributed by atoms with Gasteiger partial charge in [-0.25, -0.2) is 8.78 Å². The number of nitrogens with one attached hydrogen (secondary N) is 1. The van der Waals surface area contributed by atoms with Crippen LogP contribution in [0, 0.1) is 5.92 Å². The number of alkyl halides is 2. The van der Waals surface area contributed by atoms with Crippen molar-refractivity contribution in [3.05, 3.63) is 28.9 Å². The molecule has 18 heavy (non-hydrogen) atoms. The van der Waals surface area contributed by atoms with E-state index in [1.54, 1.807) is 18.3 Å². The van der Waals surface area contributed by atoms with Crippen molar-refractivity contribution in [3.8, 4) is 0 Å². The van der Waals surface area contributed by atoms with Gasteiger partial charge in [-0.3, -0.25) is 5.10 Å². The number of aromatic nitrogens is 2. The number of aliphatic hydroxyl groups excluding tert-OH is 1. The third kappa shape index (κ3) is 1.87. The first-order chi connectivity index (χ1) is 8.46. The van der Waals surface area contributed by atoms with Gasteiger partial charge in [-0.15, -0.1) is 0 Å². The van der Waals surface area contributed by atoms with E-state index < -0.39 is 17.9 Å². The van der Waals surface area contributed by atoms with Crippen molar-refractivity contribution < 1.29 is 13.9 Å². The molecule has 2 N–H and O–H groups in total. The summed E-state index contributed by atoms with van der Waals surface area (Å²) in [5.74, 6) is -3.07. The summed E-state index contributed by atoms with van der Waals surface area (Å²) in [4.78, 5) is 0. The Hall–Kier alpha value is -1.20. The normalized spacial score (nSPS) is 20.9. The van der Waals surface area contributed by atoms with Gasteiger partial charge in [0.2, 0.25) is 5.92 Å². The molecular weight excluding hydrogens is 262 g/mol. The minimum atomic E-state index is -2.64. The predicted molar refractivity (Wildman–Crippen MR) is 63.7 cm³/mol. The number of aliphatic hydroxyl groups is 1. The molecule has 6 heteroatoms. The van der Waals surface area contributed by atoms with Crippen molar-refractivity contribution in [2.24, 2.45) is 5.92 Å². The Bertz CT molecular complexity index is 591. The van der Waals surface area contributed by atoms with Gasteiger partial charge in [0.15, 0.2) is 0 Å². The van der Waals surface area contributed by atoms with Crippen LogP contribution >= 0.6 is 11.6 Å². The van der Waals surface area contributed by atoms with E-state index in [-0.39, 0.29) is 12.8 Å². The summed E-state index contributed by atoms with van der Waals surface area (Å²) < 4.78 is 25.7. The average molecular weight is 273 g/mol. The van der Waals surface area contributed by atoms with Crippen LogP contribution in [0.4, 0.5) is 8.78 Å². The smallest absolute Gasteiger partial charge is 0.248 e. The lowest BCUT2D eigenvalue weighted by molar-refractivity contribution is -0.142. The standard InChI is InChI=1S/C12H11ClF2N2O/c13-8-1-6-5-16-17-10(6)9(2-8)11(18)7-3-12(14,15)4-7/h1-2,5,7,11,18H,3-4H2,(H,16,17). The summed E-state index contributed by atoms with van der Waals surface area (Å²) in [6, 6.07) is 3.31. The Kier molecular flexibility index (Phi) is 2.57. The molecular formula is C12H11ClF2N2O. The molecule has 3 rings (SSSR count). The van der Waals surface area contributed by atoms with Crippen LogP contribution in [-0.2, 0) is 0 Å². The molecule has 0 spiro atoms. The number of aromatic amines is 1. The van der Waals surface area contributed by atoms with Gasteiger partial charge in [0.1, 0.15) is 0 Å². The number of H-pyrrole nitrogens is 1. The van der Waals surface area contributed by atoms with E-state index >= 15 is 0 Å². The number of fused-ring (bicyclic) bond motifs is 1. The highest BCUT2D eigenvalue weighted by molar-refractivity contribution is 6.31. The molecule has 0 aliphatic heterocycles. The van der Waals surface area contributed by atoms with Crippen molar-refractivity contribution >= 4 is 22.5 Å². The summed E-state index contributed by atoms with van der Waals surface area (Å²) in [7, 11) is 0. The number of rotatable bonds is 2. The Morgan fingerprint density at radius 2 is 2.17 bits per heavy atom. The summed E-state index contributed by atoms with van der Waals surface area (Å²) in [5.41, 5.74) is 1.19. The quantitative estimate of drug-likeness (QED) is 0.881. The molecule has 0 amide bonds. The van der Waals surface area contributed by atoms with Gasteiger partial charge in [-0.2, -0.15) is 5.10 Å². The highest BCUT2D eigenvalue weighted by atomic mass is 35.5. The van der Waals surface area contributed by atoms with E-state index in [0.717, 1.165) is 5.39 Å². The van der Waals surface area contributed by atoms with Gasteiger partial charge < -0.3 is 5.11 Å². The maximum Gasteiger partial charge on any atom is 0.248 e. The SMILES string of the molecule is OC(c1cc(Cl)cc2cn[nH]c12)C1CC(F)(F)C1. The lowest BCUT2D eigenvalue weighted by atomic mass is 9.75. The van der Waals surface area contributed by atoms with E-state index in [9.17, 15) is 13.9 Å². The zero-order valence-electron chi connectivity index (χ0n) is 9.33. The molecule has 1 aliphatic carbocycles. The van der Waals surface area contributed by atoms with Crippen molar-refractivity contribution in [1.29, 1.82) is 0 Å². The highest BCUT2D eigenvalue weighted by Crippen LogP contribution is 2.49. The number of nitrogens with zero attached hydrogens (tertiary/aromatic N) is 1. The van der Waals surface area contributed by atoms with Gasteiger partial charge >= 0.3 is 0 Å². The lowest BCUT2D eigenvalue weighted by Gasteiger charge is -2.38. The highest BCUT2D eigenvalue weighted by Gasteiger charge is 2.48. The summed E-state index contributed by atoms with van der Waals surface area (Å²) in [5, 5.41) is 18.0. The van der Waals surface area contributed by atoms with Crippen LogP contribution in [0.15, 0.2) is 18.3 Å². The molecule has 1 heterocycles. The van der Waals surface area contributed by atoms with Gasteiger partial charge in [0.05, 0.1) is 17.8 Å². The fourth-order valence-corrected chi connectivity index (χ4v) is 2.70. The number of halogens is 3. The predicted octanol–water partition coefficient (Wildman–Crippen LogP) is 3.30. The van der Waals surface area contributed by atoms with Crippen LogP contribution in [-0.4, -0.2) is 21.2 Å². The van der Waals surface area contributed by atoms with Gasteiger partial charge in [0.25, 0.3) is 0 Å². The monoisotopic (exact) mass is 272 g/mol. The second-order valence-corrected chi connectivity index (χ2v) is 5.23. The Labute approximate surface area is 107 Å². The van der Waals surface area contributed by atoms with E-state index in [1.165, 1.54) is 0 Å². The van der Waals surface area contributed by atoms with E-state index in [4.69, 9.17) is 11.6 Å². The zero-order valence-corrected chi connectivity index (χ0v) is 10.1. The number of benzene rings is 1. The van der Waals surface area contributed by atoms with Gasteiger partial charge in [-0.05, 0) is 12.1 Å². The molecule has 3 nitrogen and oxygen atoms in total. The topological polar surface area (TPSA) is 48.9 Å². The lowest BCUT2D eigenvalue weighted by Crippen LogP contribution is -2.38.